The van der Waals surface area contributed by atoms with E-state index in [0.717, 1.165) is 0 Å². The molecular weight excluding hydrogens is 1120 g/mol. The number of rotatable bonds is 25. The molecule has 1 aliphatic rings. The minimum Gasteiger partial charge on any atom is -0.494 e. The highest BCUT2D eigenvalue weighted by atomic mass is 16.7. The number of benzene rings is 3. The molecule has 4 amide bonds. The molecule has 1 fully saturated rings. The van der Waals surface area contributed by atoms with Crippen molar-refractivity contribution < 1.29 is 77.2 Å². The number of aromatic nitrogens is 8. The summed E-state index contributed by atoms with van der Waals surface area (Å²) in [5.74, 6) is -1.98. The highest BCUT2D eigenvalue weighted by molar-refractivity contribution is 6.05. The predicted molar refractivity (Wildman–Crippen MR) is 309 cm³/mol. The van der Waals surface area contributed by atoms with Crippen LogP contribution in [0.15, 0.2) is 66.7 Å². The normalized spacial score (nSPS) is 15.8. The maximum absolute atomic E-state index is 14.1. The fourth-order valence-electron chi connectivity index (χ4n) is 9.43. The van der Waals surface area contributed by atoms with E-state index in [9.17, 15) is 44.1 Å². The van der Waals surface area contributed by atoms with Crippen LogP contribution in [0.2, 0.25) is 0 Å². The SMILES string of the molecule is CCn1nc(C)cc1C(=O)Nc1nc2cc(C(=O)OC)cc(OC)c2n1C/C=C/Cn1c(NC(=O)c2cc(C)nn2CC)nc2cc(C(=O)OC)cc(OCCCN(C)C(=O)OCc3ccc(OC4OC[C@@H](O)[C@H](O)[C@H]4O)cc3NC(=O)CCN)c21. The second-order valence-electron chi connectivity index (χ2n) is 19.8. The van der Waals surface area contributed by atoms with Gasteiger partial charge in [0.1, 0.15) is 64.6 Å². The molecule has 0 aliphatic carbocycles. The molecular formula is C57H69N13O16. The highest BCUT2D eigenvalue weighted by Crippen LogP contribution is 2.34. The lowest BCUT2D eigenvalue weighted by Gasteiger charge is -2.35. The molecule has 1 aliphatic heterocycles. The van der Waals surface area contributed by atoms with Gasteiger partial charge in [-0.1, -0.05) is 12.2 Å². The van der Waals surface area contributed by atoms with E-state index in [0.29, 0.717) is 52.3 Å². The number of fused-ring (bicyclic) bond motifs is 2. The molecule has 1 unspecified atom stereocenters. The molecule has 5 heterocycles. The van der Waals surface area contributed by atoms with E-state index in [1.54, 1.807) is 56.6 Å². The van der Waals surface area contributed by atoms with Crippen LogP contribution in [0.5, 0.6) is 17.2 Å². The molecule has 458 valence electrons. The maximum atomic E-state index is 14.1. The average Bonchev–Trinajstić information content (AvgIpc) is 2.14. The average molecular weight is 1190 g/mol. The van der Waals surface area contributed by atoms with E-state index in [1.165, 1.54) is 75.7 Å². The van der Waals surface area contributed by atoms with Crippen molar-refractivity contribution in [3.8, 4) is 17.2 Å². The summed E-state index contributed by atoms with van der Waals surface area (Å²) in [5.41, 5.74) is 9.67. The van der Waals surface area contributed by atoms with Crippen LogP contribution in [0.1, 0.15) is 85.3 Å². The summed E-state index contributed by atoms with van der Waals surface area (Å²) >= 11 is 0. The lowest BCUT2D eigenvalue weighted by Crippen LogP contribution is -2.54. The summed E-state index contributed by atoms with van der Waals surface area (Å²) in [5, 5.41) is 47.8. The zero-order valence-corrected chi connectivity index (χ0v) is 48.7. The first kappa shape index (κ1) is 62.6. The first-order chi connectivity index (χ1) is 41.3. The summed E-state index contributed by atoms with van der Waals surface area (Å²) in [4.78, 5) is 90.8. The van der Waals surface area contributed by atoms with Crippen molar-refractivity contribution in [2.75, 3.05) is 70.6 Å². The van der Waals surface area contributed by atoms with Gasteiger partial charge in [-0.05, 0) is 82.6 Å². The zero-order valence-electron chi connectivity index (χ0n) is 48.7. The number of nitrogens with one attached hydrogen (secondary N) is 3. The van der Waals surface area contributed by atoms with Crippen molar-refractivity contribution in [2.24, 2.45) is 5.73 Å². The molecule has 29 nitrogen and oxygen atoms in total. The maximum Gasteiger partial charge on any atom is 0.409 e. The Morgan fingerprint density at radius 2 is 1.31 bits per heavy atom. The summed E-state index contributed by atoms with van der Waals surface area (Å²) in [7, 11) is 5.44. The van der Waals surface area contributed by atoms with Crippen LogP contribution in [0.3, 0.4) is 0 Å². The number of amides is 4. The summed E-state index contributed by atoms with van der Waals surface area (Å²) in [6, 6.07) is 13.8. The Morgan fingerprint density at radius 3 is 1.85 bits per heavy atom. The number of allylic oxidation sites excluding steroid dienone is 2. The zero-order chi connectivity index (χ0) is 61.9. The van der Waals surface area contributed by atoms with Crippen LogP contribution in [-0.2, 0) is 56.5 Å². The third-order valence-corrected chi connectivity index (χ3v) is 13.7. The number of carbonyl (C=O) groups is 6. The fraction of sp³-hybridized carbons (Fsp3) is 0.404. The van der Waals surface area contributed by atoms with E-state index in [2.05, 4.69) is 26.1 Å². The molecule has 0 saturated carbocycles. The van der Waals surface area contributed by atoms with Gasteiger partial charge in [0.25, 0.3) is 11.8 Å². The van der Waals surface area contributed by atoms with Gasteiger partial charge in [0.05, 0.1) is 73.8 Å². The summed E-state index contributed by atoms with van der Waals surface area (Å²) < 4.78 is 45.5. The van der Waals surface area contributed by atoms with Gasteiger partial charge in [0, 0.05) is 64.4 Å². The number of nitrogens with zero attached hydrogens (tertiary/aromatic N) is 9. The van der Waals surface area contributed by atoms with Gasteiger partial charge in [-0.15, -0.1) is 0 Å². The fourth-order valence-corrected chi connectivity index (χ4v) is 9.43. The summed E-state index contributed by atoms with van der Waals surface area (Å²) in [6.45, 7) is 7.78. The number of esters is 2. The number of hydrogen-bond donors (Lipinski definition) is 7. The predicted octanol–water partition coefficient (Wildman–Crippen LogP) is 3.92. The molecule has 4 aromatic heterocycles. The lowest BCUT2D eigenvalue weighted by atomic mass is 10.1. The van der Waals surface area contributed by atoms with Crippen molar-refractivity contribution in [1.82, 2.24) is 43.6 Å². The number of ether oxygens (including phenoxy) is 7. The van der Waals surface area contributed by atoms with Gasteiger partial charge >= 0.3 is 18.0 Å². The first-order valence-corrected chi connectivity index (χ1v) is 27.4. The topological polar surface area (TPSA) is 364 Å². The Hall–Kier alpha value is -9.42. The van der Waals surface area contributed by atoms with Crippen LogP contribution in [0, 0.1) is 13.8 Å². The largest absolute Gasteiger partial charge is 0.494 e. The van der Waals surface area contributed by atoms with Crippen molar-refractivity contribution in [1.29, 1.82) is 0 Å². The van der Waals surface area contributed by atoms with Gasteiger partial charge in [-0.3, -0.25) is 34.4 Å². The molecule has 3 aromatic carbocycles. The van der Waals surface area contributed by atoms with E-state index in [-0.39, 0.29) is 116 Å². The summed E-state index contributed by atoms with van der Waals surface area (Å²) in [6.07, 6.45) is -2.68. The van der Waals surface area contributed by atoms with Crippen molar-refractivity contribution in [3.05, 3.63) is 106 Å². The quantitative estimate of drug-likeness (QED) is 0.0184. The highest BCUT2D eigenvalue weighted by Gasteiger charge is 2.39. The molecule has 86 heavy (non-hydrogen) atoms. The third-order valence-electron chi connectivity index (χ3n) is 13.7. The van der Waals surface area contributed by atoms with Gasteiger partial charge in [0.2, 0.25) is 24.1 Å². The van der Waals surface area contributed by atoms with Gasteiger partial charge < -0.3 is 73.6 Å². The van der Waals surface area contributed by atoms with Crippen LogP contribution in [0.25, 0.3) is 22.1 Å². The minimum atomic E-state index is -1.58. The van der Waals surface area contributed by atoms with Gasteiger partial charge in [0.15, 0.2) is 0 Å². The Balaban J connectivity index is 1.05. The van der Waals surface area contributed by atoms with E-state index < -0.39 is 60.4 Å². The molecule has 29 heteroatoms. The number of aliphatic hydroxyl groups excluding tert-OH is 3. The van der Waals surface area contributed by atoms with E-state index >= 15 is 0 Å². The van der Waals surface area contributed by atoms with Crippen LogP contribution < -0.4 is 35.9 Å². The smallest absolute Gasteiger partial charge is 0.409 e. The van der Waals surface area contributed by atoms with Crippen molar-refractivity contribution >= 4 is 75.4 Å². The number of imidazole rings is 2. The molecule has 0 bridgehead atoms. The molecule has 7 aromatic rings. The lowest BCUT2D eigenvalue weighted by molar-refractivity contribution is -0.242. The molecule has 0 spiro atoms. The van der Waals surface area contributed by atoms with E-state index in [1.807, 2.05) is 13.8 Å². The second kappa shape index (κ2) is 28.0. The number of hydrogen-bond acceptors (Lipinski definition) is 21. The van der Waals surface area contributed by atoms with Crippen LogP contribution >= 0.6 is 0 Å². The van der Waals surface area contributed by atoms with Gasteiger partial charge in [-0.25, -0.2) is 24.4 Å². The molecule has 0 radical (unpaired) electrons. The molecule has 1 saturated heterocycles. The van der Waals surface area contributed by atoms with Crippen molar-refractivity contribution in [3.63, 3.8) is 0 Å². The van der Waals surface area contributed by atoms with Crippen molar-refractivity contribution in [2.45, 2.75) is 97.9 Å². The number of aryl methyl sites for hydroxylation is 4. The number of carbonyl (C=O) groups excluding carboxylic acids is 6. The molecule has 8 N–H and O–H groups in total. The molecule has 8 rings (SSSR count). The Labute approximate surface area is 492 Å². The Morgan fingerprint density at radius 1 is 0.756 bits per heavy atom. The van der Waals surface area contributed by atoms with Crippen LogP contribution in [-0.4, -0.2) is 174 Å². The Kier molecular flexibility index (Phi) is 20.4. The molecule has 4 atom stereocenters. The standard InChI is InChI=1S/C57H69N13O16/c1-9-69-40(22-31(3)64-69)50(75)62-55-60-38-24-34(52(77)81-7)26-43(80-6)46(38)67(55)19-11-12-20-68-47-39(61-56(68)63-51(76)41-23-32(4)65-70(41)10-2)25-35(53(78)82-8)27-44(47)83-21-13-18-66(5)57(79)85-29-33-14-15-36(28-37(33)59-45(72)16-17-58)86-54-49(74)48(73)42(71)30-84-54/h11-12,14-15,22-28,42,48-49,54,71,73-74H,9-10,13,16-21,29-30,58H2,1-8H3,(H,59,72)(H,60,62,75)(H,61,63,76)/b12-11+/t42-,48+,49-,54?/m1/s1. The minimum absolute atomic E-state index is 0.0104. The first-order valence-electron chi connectivity index (χ1n) is 27.4. The number of anilines is 3. The second-order valence-corrected chi connectivity index (χ2v) is 19.8. The number of nitrogens with two attached hydrogens (primary N) is 1. The number of methoxy groups -OCH3 is 3. The number of aliphatic hydroxyl groups is 3. The van der Waals surface area contributed by atoms with Gasteiger partial charge in [-0.2, -0.15) is 10.2 Å². The van der Waals surface area contributed by atoms with Crippen LogP contribution in [0.4, 0.5) is 22.4 Å². The van der Waals surface area contributed by atoms with E-state index in [4.69, 9.17) is 48.9 Å². The third kappa shape index (κ3) is 14.2. The Bertz CT molecular complexity index is 3680. The monoisotopic (exact) mass is 1190 g/mol.